The van der Waals surface area contributed by atoms with Crippen LogP contribution in [-0.4, -0.2) is 33.7 Å². The molecule has 0 spiro atoms. The molecule has 0 unspecified atom stereocenters. The molecule has 3 aromatic carbocycles. The summed E-state index contributed by atoms with van der Waals surface area (Å²) in [6.07, 6.45) is 0. The third-order valence-electron chi connectivity index (χ3n) is 5.93. The first-order valence-corrected chi connectivity index (χ1v) is 13.2. The zero-order chi connectivity index (χ0) is 25.9. The summed E-state index contributed by atoms with van der Waals surface area (Å²) in [6.45, 7) is 8.02. The van der Waals surface area contributed by atoms with E-state index >= 15 is 0 Å². The largest absolute Gasteiger partial charge is 0.465 e. The standard InChI is InChI=1S/C29H32N2O4Si/c1-19(32)30-22-16-24(27(33)34-5)23-18-26(31-25(23)17-22)29(35-36-28(2,3)4,20-12-8-6-9-13-20)21-14-10-7-11-15-21/h6-18,31H,36H2,1-5H3,(H,30,32). The molecule has 6 nitrogen and oxygen atoms in total. The lowest BCUT2D eigenvalue weighted by Crippen LogP contribution is -2.36. The highest BCUT2D eigenvalue weighted by molar-refractivity contribution is 6.32. The number of H-pyrrole nitrogens is 1. The highest BCUT2D eigenvalue weighted by Gasteiger charge is 2.40. The molecule has 4 rings (SSSR count). The molecule has 0 fully saturated rings. The number of methoxy groups -OCH3 is 1. The summed E-state index contributed by atoms with van der Waals surface area (Å²) in [5, 5.41) is 3.52. The van der Waals surface area contributed by atoms with Crippen molar-refractivity contribution in [1.29, 1.82) is 0 Å². The Morgan fingerprint density at radius 1 is 0.889 bits per heavy atom. The lowest BCUT2D eigenvalue weighted by Gasteiger charge is -2.37. The van der Waals surface area contributed by atoms with Gasteiger partial charge in [-0.2, -0.15) is 0 Å². The molecule has 36 heavy (non-hydrogen) atoms. The van der Waals surface area contributed by atoms with E-state index in [0.29, 0.717) is 22.2 Å². The SMILES string of the molecule is COC(=O)c1cc(NC(C)=O)cc2[nH]c(C(O[SiH2]C(C)(C)C)(c3ccccc3)c3ccccc3)cc12. The maximum absolute atomic E-state index is 12.7. The van der Waals surface area contributed by atoms with Gasteiger partial charge in [-0.1, -0.05) is 81.4 Å². The molecule has 0 atom stereocenters. The third-order valence-corrected chi connectivity index (χ3v) is 7.37. The van der Waals surface area contributed by atoms with Gasteiger partial charge in [0.05, 0.1) is 18.4 Å². The Morgan fingerprint density at radius 2 is 1.47 bits per heavy atom. The number of aromatic amines is 1. The highest BCUT2D eigenvalue weighted by Crippen LogP contribution is 2.43. The van der Waals surface area contributed by atoms with Crippen molar-refractivity contribution in [3.05, 3.63) is 101 Å². The lowest BCUT2D eigenvalue weighted by atomic mass is 9.83. The number of benzene rings is 3. The molecule has 0 radical (unpaired) electrons. The fraction of sp³-hybridized carbons (Fsp3) is 0.241. The van der Waals surface area contributed by atoms with Gasteiger partial charge in [-0.25, -0.2) is 4.79 Å². The van der Waals surface area contributed by atoms with E-state index in [0.717, 1.165) is 16.8 Å². The highest BCUT2D eigenvalue weighted by atomic mass is 28.2. The first kappa shape index (κ1) is 25.4. The van der Waals surface area contributed by atoms with Gasteiger partial charge in [0.2, 0.25) is 5.91 Å². The minimum absolute atomic E-state index is 0.0383. The number of hydrogen-bond acceptors (Lipinski definition) is 4. The monoisotopic (exact) mass is 500 g/mol. The Labute approximate surface area is 214 Å². The van der Waals surface area contributed by atoms with Gasteiger partial charge >= 0.3 is 5.97 Å². The Kier molecular flexibility index (Phi) is 7.15. The van der Waals surface area contributed by atoms with Crippen molar-refractivity contribution < 1.29 is 18.8 Å². The topological polar surface area (TPSA) is 80.4 Å². The number of aromatic nitrogens is 1. The van der Waals surface area contributed by atoms with Crippen LogP contribution in [0.5, 0.6) is 0 Å². The van der Waals surface area contributed by atoms with Gasteiger partial charge in [0.15, 0.2) is 9.76 Å². The number of hydrogen-bond donors (Lipinski definition) is 2. The normalized spacial score (nSPS) is 12.2. The molecule has 0 saturated carbocycles. The number of anilines is 1. The summed E-state index contributed by atoms with van der Waals surface area (Å²) >= 11 is 0. The maximum atomic E-state index is 12.7. The van der Waals surface area contributed by atoms with Crippen molar-refractivity contribution in [2.24, 2.45) is 0 Å². The van der Waals surface area contributed by atoms with E-state index in [1.54, 1.807) is 6.07 Å². The zero-order valence-corrected chi connectivity index (χ0v) is 22.8. The van der Waals surface area contributed by atoms with Crippen LogP contribution in [0, 0.1) is 0 Å². The van der Waals surface area contributed by atoms with Gasteiger partial charge < -0.3 is 19.5 Å². The Hall–Kier alpha value is -3.68. The third kappa shape index (κ3) is 5.12. The second kappa shape index (κ2) is 10.1. The summed E-state index contributed by atoms with van der Waals surface area (Å²) in [4.78, 5) is 28.0. The molecular weight excluding hydrogens is 468 g/mol. The molecule has 1 aromatic heterocycles. The Bertz CT molecular complexity index is 1340. The molecule has 186 valence electrons. The van der Waals surface area contributed by atoms with E-state index in [9.17, 15) is 9.59 Å². The molecular formula is C29H32N2O4Si. The molecule has 0 aliphatic rings. The summed E-state index contributed by atoms with van der Waals surface area (Å²) in [5.74, 6) is -0.702. The van der Waals surface area contributed by atoms with Crippen LogP contribution in [0.3, 0.4) is 0 Å². The van der Waals surface area contributed by atoms with Crippen molar-refractivity contribution >= 4 is 38.2 Å². The fourth-order valence-electron chi connectivity index (χ4n) is 4.37. The van der Waals surface area contributed by atoms with Crippen LogP contribution >= 0.6 is 0 Å². The second-order valence-electron chi connectivity index (χ2n) is 10.1. The lowest BCUT2D eigenvalue weighted by molar-refractivity contribution is -0.114. The number of carbonyl (C=O) groups excluding carboxylic acids is 2. The van der Waals surface area contributed by atoms with Crippen molar-refractivity contribution in [2.75, 3.05) is 12.4 Å². The molecule has 2 N–H and O–H groups in total. The van der Waals surface area contributed by atoms with Gasteiger partial charge in [0.25, 0.3) is 0 Å². The first-order valence-electron chi connectivity index (χ1n) is 11.9. The number of amides is 1. The van der Waals surface area contributed by atoms with Gasteiger partial charge in [-0.15, -0.1) is 0 Å². The molecule has 4 aromatic rings. The van der Waals surface area contributed by atoms with Crippen LogP contribution in [0.4, 0.5) is 5.69 Å². The van der Waals surface area contributed by atoms with Gasteiger partial charge in [0.1, 0.15) is 5.60 Å². The number of nitrogens with one attached hydrogen (secondary N) is 2. The van der Waals surface area contributed by atoms with Crippen molar-refractivity contribution in [3.8, 4) is 0 Å². The van der Waals surface area contributed by atoms with Crippen LogP contribution in [-0.2, 0) is 19.6 Å². The average Bonchev–Trinajstić information content (AvgIpc) is 3.28. The van der Waals surface area contributed by atoms with E-state index in [4.69, 9.17) is 9.16 Å². The van der Waals surface area contributed by atoms with E-state index in [2.05, 4.69) is 55.3 Å². The quantitative estimate of drug-likeness (QED) is 0.259. The second-order valence-corrected chi connectivity index (χ2v) is 12.8. The predicted molar refractivity (Wildman–Crippen MR) is 146 cm³/mol. The average molecular weight is 501 g/mol. The molecule has 0 aliphatic carbocycles. The van der Waals surface area contributed by atoms with Crippen LogP contribution in [0.1, 0.15) is 54.9 Å². The Balaban J connectivity index is 2.04. The van der Waals surface area contributed by atoms with Crippen LogP contribution in [0.25, 0.3) is 10.9 Å². The minimum Gasteiger partial charge on any atom is -0.465 e. The van der Waals surface area contributed by atoms with Gasteiger partial charge in [-0.3, -0.25) is 4.79 Å². The molecule has 1 heterocycles. The van der Waals surface area contributed by atoms with E-state index in [1.807, 2.05) is 48.5 Å². The summed E-state index contributed by atoms with van der Waals surface area (Å²) in [7, 11) is 0.307. The summed E-state index contributed by atoms with van der Waals surface area (Å²) in [5.41, 5.74) is 3.44. The minimum atomic E-state index is -1.04. The zero-order valence-electron chi connectivity index (χ0n) is 21.3. The van der Waals surface area contributed by atoms with Gasteiger partial charge in [-0.05, 0) is 34.4 Å². The van der Waals surface area contributed by atoms with Gasteiger partial charge in [0, 0.05) is 23.5 Å². The predicted octanol–water partition coefficient (Wildman–Crippen LogP) is 5.52. The Morgan fingerprint density at radius 3 is 1.97 bits per heavy atom. The van der Waals surface area contributed by atoms with E-state index in [1.165, 1.54) is 14.0 Å². The molecule has 7 heteroatoms. The van der Waals surface area contributed by atoms with Crippen molar-refractivity contribution in [3.63, 3.8) is 0 Å². The molecule has 0 aliphatic heterocycles. The maximum Gasteiger partial charge on any atom is 0.338 e. The van der Waals surface area contributed by atoms with Crippen LogP contribution in [0.2, 0.25) is 5.04 Å². The number of fused-ring (bicyclic) bond motifs is 1. The summed E-state index contributed by atoms with van der Waals surface area (Å²) < 4.78 is 12.1. The molecule has 0 bridgehead atoms. The van der Waals surface area contributed by atoms with Crippen LogP contribution < -0.4 is 5.32 Å². The smallest absolute Gasteiger partial charge is 0.338 e. The summed E-state index contributed by atoms with van der Waals surface area (Å²) in [6, 6.07) is 25.7. The number of carbonyl (C=O) groups is 2. The molecule has 0 saturated heterocycles. The fourth-order valence-corrected chi connectivity index (χ4v) is 5.51. The number of rotatable bonds is 7. The molecule has 1 amide bonds. The number of esters is 1. The van der Waals surface area contributed by atoms with E-state index < -0.39 is 21.3 Å². The van der Waals surface area contributed by atoms with E-state index in [-0.39, 0.29) is 10.9 Å². The van der Waals surface area contributed by atoms with Crippen molar-refractivity contribution in [2.45, 2.75) is 38.3 Å². The van der Waals surface area contributed by atoms with Crippen LogP contribution in [0.15, 0.2) is 78.9 Å². The number of ether oxygens (including phenoxy) is 1. The first-order chi connectivity index (χ1) is 17.1. The van der Waals surface area contributed by atoms with Crippen molar-refractivity contribution in [1.82, 2.24) is 4.98 Å².